The average molecular weight is 244 g/mol. The van der Waals surface area contributed by atoms with Crippen molar-refractivity contribution >= 4 is 5.91 Å². The SMILES string of the molecule is CC(C)=CCNC(=O)[C@@H]1Cc2ccccc2CN1. The first-order valence-electron chi connectivity index (χ1n) is 6.38. The number of benzene rings is 1. The summed E-state index contributed by atoms with van der Waals surface area (Å²) in [7, 11) is 0. The monoisotopic (exact) mass is 244 g/mol. The summed E-state index contributed by atoms with van der Waals surface area (Å²) in [5.41, 5.74) is 3.79. The van der Waals surface area contributed by atoms with Crippen molar-refractivity contribution in [3.63, 3.8) is 0 Å². The Kier molecular flexibility index (Phi) is 4.15. The topological polar surface area (TPSA) is 41.1 Å². The van der Waals surface area contributed by atoms with Crippen LogP contribution < -0.4 is 10.6 Å². The second-order valence-corrected chi connectivity index (χ2v) is 4.93. The molecular formula is C15H20N2O. The van der Waals surface area contributed by atoms with Crippen molar-refractivity contribution in [3.8, 4) is 0 Å². The molecule has 0 unspecified atom stereocenters. The molecule has 1 aliphatic heterocycles. The molecule has 0 radical (unpaired) electrons. The molecule has 0 aliphatic carbocycles. The van der Waals surface area contributed by atoms with Gasteiger partial charge in [0.25, 0.3) is 0 Å². The predicted octanol–water partition coefficient (Wildman–Crippen LogP) is 1.78. The van der Waals surface area contributed by atoms with Gasteiger partial charge in [0, 0.05) is 13.1 Å². The molecule has 0 saturated heterocycles. The van der Waals surface area contributed by atoms with Gasteiger partial charge in [-0.2, -0.15) is 0 Å². The van der Waals surface area contributed by atoms with Crippen molar-refractivity contribution in [1.29, 1.82) is 0 Å². The molecule has 1 atom stereocenters. The molecule has 1 aromatic rings. The third kappa shape index (κ3) is 3.20. The van der Waals surface area contributed by atoms with E-state index in [0.717, 1.165) is 13.0 Å². The van der Waals surface area contributed by atoms with E-state index in [0.29, 0.717) is 6.54 Å². The number of allylic oxidation sites excluding steroid dienone is 1. The maximum absolute atomic E-state index is 12.0. The van der Waals surface area contributed by atoms with E-state index in [9.17, 15) is 4.79 Å². The standard InChI is InChI=1S/C15H20N2O/c1-11(2)7-8-16-15(18)14-9-12-5-3-4-6-13(12)10-17-14/h3-7,14,17H,8-10H2,1-2H3,(H,16,18)/t14-/m0/s1. The van der Waals surface area contributed by atoms with E-state index in [1.165, 1.54) is 16.7 Å². The number of hydrogen-bond donors (Lipinski definition) is 2. The second kappa shape index (κ2) is 5.83. The van der Waals surface area contributed by atoms with Gasteiger partial charge in [-0.05, 0) is 31.4 Å². The highest BCUT2D eigenvalue weighted by atomic mass is 16.2. The molecule has 3 nitrogen and oxygen atoms in total. The first-order chi connectivity index (χ1) is 8.66. The summed E-state index contributed by atoms with van der Waals surface area (Å²) in [6.45, 7) is 5.44. The molecule has 0 saturated carbocycles. The maximum atomic E-state index is 12.0. The summed E-state index contributed by atoms with van der Waals surface area (Å²) < 4.78 is 0. The normalized spacial score (nSPS) is 17.8. The van der Waals surface area contributed by atoms with Gasteiger partial charge in [0.15, 0.2) is 0 Å². The third-order valence-corrected chi connectivity index (χ3v) is 3.18. The summed E-state index contributed by atoms with van der Waals surface area (Å²) in [5.74, 6) is 0.0852. The third-order valence-electron chi connectivity index (χ3n) is 3.18. The largest absolute Gasteiger partial charge is 0.351 e. The van der Waals surface area contributed by atoms with Crippen LogP contribution in [0.2, 0.25) is 0 Å². The van der Waals surface area contributed by atoms with Crippen LogP contribution in [0.15, 0.2) is 35.9 Å². The molecule has 1 aromatic carbocycles. The van der Waals surface area contributed by atoms with Gasteiger partial charge in [0.05, 0.1) is 6.04 Å². The molecule has 1 amide bonds. The fraction of sp³-hybridized carbons (Fsp3) is 0.400. The first-order valence-corrected chi connectivity index (χ1v) is 6.38. The van der Waals surface area contributed by atoms with Crippen molar-refractivity contribution in [1.82, 2.24) is 10.6 Å². The molecule has 18 heavy (non-hydrogen) atoms. The minimum Gasteiger partial charge on any atom is -0.351 e. The van der Waals surface area contributed by atoms with Crippen LogP contribution in [0.25, 0.3) is 0 Å². The highest BCUT2D eigenvalue weighted by Gasteiger charge is 2.23. The van der Waals surface area contributed by atoms with Crippen molar-refractivity contribution in [2.45, 2.75) is 32.9 Å². The summed E-state index contributed by atoms with van der Waals surface area (Å²) in [6.07, 6.45) is 2.80. The Labute approximate surface area is 108 Å². The lowest BCUT2D eigenvalue weighted by Gasteiger charge is -2.25. The first kappa shape index (κ1) is 12.8. The molecule has 0 spiro atoms. The highest BCUT2D eigenvalue weighted by molar-refractivity contribution is 5.82. The molecule has 2 rings (SSSR count). The quantitative estimate of drug-likeness (QED) is 0.796. The molecule has 0 fully saturated rings. The van der Waals surface area contributed by atoms with Crippen molar-refractivity contribution < 1.29 is 4.79 Å². The van der Waals surface area contributed by atoms with Crippen LogP contribution in [0.5, 0.6) is 0 Å². The number of rotatable bonds is 3. The Bertz CT molecular complexity index is 461. The van der Waals surface area contributed by atoms with E-state index >= 15 is 0 Å². The fourth-order valence-corrected chi connectivity index (χ4v) is 2.12. The molecule has 3 heteroatoms. The van der Waals surface area contributed by atoms with Crippen LogP contribution >= 0.6 is 0 Å². The van der Waals surface area contributed by atoms with Gasteiger partial charge < -0.3 is 10.6 Å². The van der Waals surface area contributed by atoms with Gasteiger partial charge in [-0.15, -0.1) is 0 Å². The van der Waals surface area contributed by atoms with Crippen molar-refractivity contribution in [3.05, 3.63) is 47.0 Å². The minimum absolute atomic E-state index is 0.0852. The van der Waals surface area contributed by atoms with Crippen molar-refractivity contribution in [2.75, 3.05) is 6.54 Å². The molecular weight excluding hydrogens is 224 g/mol. The van der Waals surface area contributed by atoms with E-state index in [1.807, 2.05) is 32.1 Å². The molecule has 0 bridgehead atoms. The number of amides is 1. The zero-order valence-electron chi connectivity index (χ0n) is 11.0. The van der Waals surface area contributed by atoms with Crippen LogP contribution in [-0.4, -0.2) is 18.5 Å². The Hall–Kier alpha value is -1.61. The zero-order chi connectivity index (χ0) is 13.0. The van der Waals surface area contributed by atoms with E-state index in [1.54, 1.807) is 0 Å². The van der Waals surface area contributed by atoms with E-state index in [4.69, 9.17) is 0 Å². The summed E-state index contributed by atoms with van der Waals surface area (Å²) >= 11 is 0. The summed E-state index contributed by atoms with van der Waals surface area (Å²) in [4.78, 5) is 12.0. The van der Waals surface area contributed by atoms with E-state index in [-0.39, 0.29) is 11.9 Å². The van der Waals surface area contributed by atoms with Crippen LogP contribution in [0.4, 0.5) is 0 Å². The van der Waals surface area contributed by atoms with Gasteiger partial charge in [-0.1, -0.05) is 35.9 Å². The van der Waals surface area contributed by atoms with E-state index < -0.39 is 0 Å². The van der Waals surface area contributed by atoms with Gasteiger partial charge in [0.2, 0.25) is 5.91 Å². The number of nitrogens with one attached hydrogen (secondary N) is 2. The fourth-order valence-electron chi connectivity index (χ4n) is 2.12. The molecule has 1 aliphatic rings. The second-order valence-electron chi connectivity index (χ2n) is 4.93. The average Bonchev–Trinajstić information content (AvgIpc) is 2.37. The van der Waals surface area contributed by atoms with Crippen LogP contribution in [0.3, 0.4) is 0 Å². The van der Waals surface area contributed by atoms with Crippen LogP contribution in [0.1, 0.15) is 25.0 Å². The van der Waals surface area contributed by atoms with Crippen LogP contribution in [0, 0.1) is 0 Å². The molecule has 1 heterocycles. The molecule has 96 valence electrons. The molecule has 0 aromatic heterocycles. The Morgan fingerprint density at radius 1 is 1.39 bits per heavy atom. The lowest BCUT2D eigenvalue weighted by atomic mass is 9.95. The minimum atomic E-state index is -0.106. The highest BCUT2D eigenvalue weighted by Crippen LogP contribution is 2.16. The summed E-state index contributed by atoms with van der Waals surface area (Å²) in [5, 5.41) is 6.22. The van der Waals surface area contributed by atoms with Gasteiger partial charge in [-0.25, -0.2) is 0 Å². The Morgan fingerprint density at radius 2 is 2.11 bits per heavy atom. The predicted molar refractivity (Wildman–Crippen MR) is 73.2 cm³/mol. The van der Waals surface area contributed by atoms with Crippen LogP contribution in [-0.2, 0) is 17.8 Å². The van der Waals surface area contributed by atoms with E-state index in [2.05, 4.69) is 22.8 Å². The Balaban J connectivity index is 1.92. The van der Waals surface area contributed by atoms with Gasteiger partial charge in [0.1, 0.15) is 0 Å². The number of hydrogen-bond acceptors (Lipinski definition) is 2. The van der Waals surface area contributed by atoms with Crippen molar-refractivity contribution in [2.24, 2.45) is 0 Å². The molecule has 2 N–H and O–H groups in total. The number of fused-ring (bicyclic) bond motifs is 1. The number of carbonyl (C=O) groups excluding carboxylic acids is 1. The summed E-state index contributed by atoms with van der Waals surface area (Å²) in [6, 6.07) is 8.18. The Morgan fingerprint density at radius 3 is 2.83 bits per heavy atom. The number of carbonyl (C=O) groups is 1. The lowest BCUT2D eigenvalue weighted by Crippen LogP contribution is -2.47. The maximum Gasteiger partial charge on any atom is 0.237 e. The van der Waals surface area contributed by atoms with Gasteiger partial charge in [-0.3, -0.25) is 4.79 Å². The zero-order valence-corrected chi connectivity index (χ0v) is 11.0. The lowest BCUT2D eigenvalue weighted by molar-refractivity contribution is -0.123. The smallest absolute Gasteiger partial charge is 0.237 e. The van der Waals surface area contributed by atoms with Gasteiger partial charge >= 0.3 is 0 Å².